The van der Waals surface area contributed by atoms with Gasteiger partial charge in [0, 0.05) is 28.6 Å². The molecule has 0 unspecified atom stereocenters. The summed E-state index contributed by atoms with van der Waals surface area (Å²) in [5.41, 5.74) is 0.862. The van der Waals surface area contributed by atoms with E-state index in [-0.39, 0.29) is 16.5 Å². The van der Waals surface area contributed by atoms with Gasteiger partial charge in [-0.05, 0) is 19.1 Å². The van der Waals surface area contributed by atoms with E-state index >= 15 is 0 Å². The van der Waals surface area contributed by atoms with E-state index in [4.69, 9.17) is 23.2 Å². The van der Waals surface area contributed by atoms with E-state index in [1.54, 1.807) is 11.8 Å². The Labute approximate surface area is 140 Å². The van der Waals surface area contributed by atoms with Gasteiger partial charge in [0.05, 0.1) is 25.9 Å². The molecule has 1 saturated heterocycles. The topological polar surface area (TPSA) is 24.8 Å². The molecule has 1 N–H and O–H groups in total. The lowest BCUT2D eigenvalue weighted by atomic mass is 10.2. The molecule has 0 spiro atoms. The van der Waals surface area contributed by atoms with Crippen LogP contribution in [-0.4, -0.2) is 43.2 Å². The Balaban J connectivity index is 2.21. The molecule has 3 nitrogen and oxygen atoms in total. The lowest BCUT2D eigenvalue weighted by Gasteiger charge is -2.25. The first-order chi connectivity index (χ1) is 9.91. The standard InChI is InChI=1S/C15H20Cl2N2OS/c1-10-14(20)19(9-5-8-18(2)3)15(21-10)13-11(16)6-4-7-12(13)17/h4,6-7,10,15H,5,8-9H2,1-3H3/p+1/t10-,15+/m0/s1. The molecule has 21 heavy (non-hydrogen) atoms. The number of hydrogen-bond acceptors (Lipinski definition) is 2. The van der Waals surface area contributed by atoms with Crippen molar-refractivity contribution in [3.63, 3.8) is 0 Å². The van der Waals surface area contributed by atoms with Gasteiger partial charge >= 0.3 is 0 Å². The molecule has 0 saturated carbocycles. The van der Waals surface area contributed by atoms with Gasteiger partial charge in [0.2, 0.25) is 5.91 Å². The number of quaternary nitrogens is 1. The zero-order chi connectivity index (χ0) is 15.6. The van der Waals surface area contributed by atoms with E-state index in [9.17, 15) is 4.79 Å². The molecule has 1 heterocycles. The third-order valence-corrected chi connectivity index (χ3v) is 5.59. The lowest BCUT2D eigenvalue weighted by molar-refractivity contribution is -0.858. The molecule has 0 radical (unpaired) electrons. The van der Waals surface area contributed by atoms with Crippen molar-refractivity contribution in [2.75, 3.05) is 27.2 Å². The number of thioether (sulfide) groups is 1. The maximum atomic E-state index is 12.4. The Morgan fingerprint density at radius 2 is 1.90 bits per heavy atom. The van der Waals surface area contributed by atoms with Crippen LogP contribution in [0.3, 0.4) is 0 Å². The summed E-state index contributed by atoms with van der Waals surface area (Å²) in [5, 5.41) is 1.13. The molecule has 1 aromatic carbocycles. The Morgan fingerprint density at radius 3 is 2.48 bits per heavy atom. The zero-order valence-corrected chi connectivity index (χ0v) is 14.9. The van der Waals surface area contributed by atoms with Crippen molar-refractivity contribution >= 4 is 40.9 Å². The average Bonchev–Trinajstić information content (AvgIpc) is 2.66. The average molecular weight is 348 g/mol. The minimum Gasteiger partial charge on any atom is -0.340 e. The first-order valence-electron chi connectivity index (χ1n) is 7.10. The molecule has 2 rings (SSSR count). The van der Waals surface area contributed by atoms with Gasteiger partial charge in [0.25, 0.3) is 0 Å². The van der Waals surface area contributed by atoms with Crippen molar-refractivity contribution in [3.05, 3.63) is 33.8 Å². The number of carbonyl (C=O) groups is 1. The first-order valence-corrected chi connectivity index (χ1v) is 8.80. The van der Waals surface area contributed by atoms with Crippen LogP contribution in [-0.2, 0) is 4.79 Å². The molecule has 1 aromatic rings. The van der Waals surface area contributed by atoms with Crippen LogP contribution in [0.4, 0.5) is 0 Å². The minimum atomic E-state index is -0.0779. The fourth-order valence-electron chi connectivity index (χ4n) is 2.48. The van der Waals surface area contributed by atoms with Gasteiger partial charge in [-0.15, -0.1) is 11.8 Å². The number of benzene rings is 1. The smallest absolute Gasteiger partial charge is 0.236 e. The van der Waals surface area contributed by atoms with Crippen LogP contribution in [0.2, 0.25) is 10.0 Å². The summed E-state index contributed by atoms with van der Waals surface area (Å²) in [5.74, 6) is 0.176. The second-order valence-electron chi connectivity index (χ2n) is 5.61. The van der Waals surface area contributed by atoms with Gasteiger partial charge in [-0.25, -0.2) is 0 Å². The summed E-state index contributed by atoms with van der Waals surface area (Å²) in [7, 11) is 4.23. The molecule has 0 aliphatic carbocycles. The van der Waals surface area contributed by atoms with E-state index in [1.807, 2.05) is 30.0 Å². The minimum absolute atomic E-state index is 0.0472. The molecule has 116 valence electrons. The summed E-state index contributed by atoms with van der Waals surface area (Å²) in [4.78, 5) is 15.7. The maximum absolute atomic E-state index is 12.4. The van der Waals surface area contributed by atoms with Crippen LogP contribution in [0.5, 0.6) is 0 Å². The van der Waals surface area contributed by atoms with E-state index in [2.05, 4.69) is 14.1 Å². The number of carbonyl (C=O) groups excluding carboxylic acids is 1. The summed E-state index contributed by atoms with van der Waals surface area (Å²) in [6.07, 6.45) is 0.972. The summed E-state index contributed by atoms with van der Waals surface area (Å²) in [6, 6.07) is 5.50. The van der Waals surface area contributed by atoms with Gasteiger partial charge in [-0.3, -0.25) is 4.79 Å². The van der Waals surface area contributed by atoms with E-state index < -0.39 is 0 Å². The largest absolute Gasteiger partial charge is 0.340 e. The SMILES string of the molecule is C[C@@H]1S[C@H](c2c(Cl)cccc2Cl)N(CCC[NH+](C)C)C1=O. The highest BCUT2D eigenvalue weighted by molar-refractivity contribution is 8.01. The summed E-state index contributed by atoms with van der Waals surface area (Å²) in [6.45, 7) is 3.72. The summed E-state index contributed by atoms with van der Waals surface area (Å²) < 4.78 is 0. The Morgan fingerprint density at radius 1 is 1.29 bits per heavy atom. The second kappa shape index (κ2) is 7.23. The lowest BCUT2D eigenvalue weighted by Crippen LogP contribution is -3.05. The molecule has 0 bridgehead atoms. The highest BCUT2D eigenvalue weighted by Crippen LogP contribution is 2.47. The van der Waals surface area contributed by atoms with E-state index in [1.165, 1.54) is 4.90 Å². The van der Waals surface area contributed by atoms with Gasteiger partial charge in [-0.2, -0.15) is 0 Å². The van der Waals surface area contributed by atoms with Gasteiger partial charge in [0.15, 0.2) is 0 Å². The molecular weight excluding hydrogens is 327 g/mol. The molecule has 1 aliphatic heterocycles. The molecule has 1 fully saturated rings. The predicted octanol–water partition coefficient (Wildman–Crippen LogP) is 2.49. The van der Waals surface area contributed by atoms with Gasteiger partial charge < -0.3 is 9.80 Å². The van der Waals surface area contributed by atoms with Crippen molar-refractivity contribution in [2.45, 2.75) is 24.0 Å². The Bertz CT molecular complexity index is 504. The fourth-order valence-corrected chi connectivity index (χ4v) is 4.59. The number of nitrogens with zero attached hydrogens (tertiary/aromatic N) is 1. The molecule has 0 aromatic heterocycles. The normalized spacial score (nSPS) is 22.4. The van der Waals surface area contributed by atoms with Gasteiger partial charge in [-0.1, -0.05) is 29.3 Å². The summed E-state index contributed by atoms with van der Waals surface area (Å²) >= 11 is 14.3. The second-order valence-corrected chi connectivity index (χ2v) is 7.85. The van der Waals surface area contributed by atoms with Crippen LogP contribution >= 0.6 is 35.0 Å². The number of hydrogen-bond donors (Lipinski definition) is 1. The molecule has 1 aliphatic rings. The molecular formula is C15H21Cl2N2OS+. The zero-order valence-electron chi connectivity index (χ0n) is 12.5. The van der Waals surface area contributed by atoms with Crippen molar-refractivity contribution < 1.29 is 9.69 Å². The third-order valence-electron chi connectivity index (χ3n) is 3.57. The van der Waals surface area contributed by atoms with Crippen LogP contribution in [0.1, 0.15) is 24.3 Å². The van der Waals surface area contributed by atoms with Crippen molar-refractivity contribution in [2.24, 2.45) is 0 Å². The highest BCUT2D eigenvalue weighted by atomic mass is 35.5. The van der Waals surface area contributed by atoms with Crippen LogP contribution in [0, 0.1) is 0 Å². The Kier molecular flexibility index (Phi) is 5.83. The van der Waals surface area contributed by atoms with E-state index in [0.717, 1.165) is 25.1 Å². The monoisotopic (exact) mass is 347 g/mol. The quantitative estimate of drug-likeness (QED) is 0.884. The Hall–Kier alpha value is -0.420. The number of halogens is 2. The molecule has 1 amide bonds. The number of amides is 1. The van der Waals surface area contributed by atoms with Gasteiger partial charge in [0.1, 0.15) is 5.37 Å². The maximum Gasteiger partial charge on any atom is 0.236 e. The van der Waals surface area contributed by atoms with Crippen molar-refractivity contribution in [1.82, 2.24) is 4.90 Å². The molecule has 6 heteroatoms. The number of nitrogens with one attached hydrogen (secondary N) is 1. The van der Waals surface area contributed by atoms with E-state index in [0.29, 0.717) is 10.0 Å². The van der Waals surface area contributed by atoms with Crippen molar-refractivity contribution in [1.29, 1.82) is 0 Å². The highest BCUT2D eigenvalue weighted by Gasteiger charge is 2.39. The number of rotatable bonds is 5. The van der Waals surface area contributed by atoms with Crippen molar-refractivity contribution in [3.8, 4) is 0 Å². The van der Waals surface area contributed by atoms with Crippen LogP contribution in [0.25, 0.3) is 0 Å². The fraction of sp³-hybridized carbons (Fsp3) is 0.533. The predicted molar refractivity (Wildman–Crippen MR) is 90.3 cm³/mol. The third kappa shape index (κ3) is 3.86. The van der Waals surface area contributed by atoms with Crippen LogP contribution in [0.15, 0.2) is 18.2 Å². The molecule has 2 atom stereocenters. The van der Waals surface area contributed by atoms with Crippen LogP contribution < -0.4 is 4.90 Å². The first kappa shape index (κ1) is 16.9.